The third-order valence-electron chi connectivity index (χ3n) is 5.75. The van der Waals surface area contributed by atoms with Gasteiger partial charge in [-0.1, -0.05) is 37.6 Å². The Morgan fingerprint density at radius 2 is 1.68 bits per heavy atom. The minimum atomic E-state index is -0.382. The molecule has 0 N–H and O–H groups in total. The SMILES string of the molecule is CCC(CC)C(=O)N1CCN(C(=O)C2(c3cccc(Cl)c3)CC2)CC1. The molecule has 2 fully saturated rings. The second kappa shape index (κ2) is 7.36. The maximum atomic E-state index is 13.1. The predicted octanol–water partition coefficient (Wildman–Crippen LogP) is 3.48. The molecular weight excluding hydrogens is 336 g/mol. The van der Waals surface area contributed by atoms with Gasteiger partial charge in [-0.2, -0.15) is 0 Å². The van der Waals surface area contributed by atoms with Crippen molar-refractivity contribution in [2.24, 2.45) is 5.92 Å². The van der Waals surface area contributed by atoms with E-state index in [2.05, 4.69) is 13.8 Å². The topological polar surface area (TPSA) is 40.6 Å². The van der Waals surface area contributed by atoms with Gasteiger partial charge in [-0.3, -0.25) is 9.59 Å². The second-order valence-electron chi connectivity index (χ2n) is 7.22. The summed E-state index contributed by atoms with van der Waals surface area (Å²) in [7, 11) is 0. The summed E-state index contributed by atoms with van der Waals surface area (Å²) in [5.74, 6) is 0.556. The Morgan fingerprint density at radius 3 is 2.20 bits per heavy atom. The Bertz CT molecular complexity index is 645. The number of nitrogens with zero attached hydrogens (tertiary/aromatic N) is 2. The number of rotatable bonds is 5. The van der Waals surface area contributed by atoms with Crippen molar-refractivity contribution in [3.05, 3.63) is 34.9 Å². The van der Waals surface area contributed by atoms with E-state index in [-0.39, 0.29) is 23.1 Å². The molecule has 0 unspecified atom stereocenters. The lowest BCUT2D eigenvalue weighted by Gasteiger charge is -2.38. The molecule has 0 radical (unpaired) electrons. The van der Waals surface area contributed by atoms with E-state index in [1.165, 1.54) is 0 Å². The molecular formula is C20H27ClN2O2. The van der Waals surface area contributed by atoms with Crippen LogP contribution in [0, 0.1) is 5.92 Å². The van der Waals surface area contributed by atoms with E-state index in [9.17, 15) is 9.59 Å². The highest BCUT2D eigenvalue weighted by Gasteiger charge is 2.53. The maximum Gasteiger partial charge on any atom is 0.233 e. The fourth-order valence-electron chi connectivity index (χ4n) is 3.87. The van der Waals surface area contributed by atoms with Crippen molar-refractivity contribution in [3.63, 3.8) is 0 Å². The summed E-state index contributed by atoms with van der Waals surface area (Å²) < 4.78 is 0. The van der Waals surface area contributed by atoms with Gasteiger partial charge in [0.15, 0.2) is 0 Å². The largest absolute Gasteiger partial charge is 0.339 e. The molecule has 4 nitrogen and oxygen atoms in total. The fourth-order valence-corrected chi connectivity index (χ4v) is 4.06. The van der Waals surface area contributed by atoms with Crippen molar-refractivity contribution < 1.29 is 9.59 Å². The van der Waals surface area contributed by atoms with Gasteiger partial charge < -0.3 is 9.80 Å². The lowest BCUT2D eigenvalue weighted by Crippen LogP contribution is -2.54. The predicted molar refractivity (Wildman–Crippen MR) is 99.6 cm³/mol. The molecule has 2 aliphatic rings. The molecule has 1 aromatic carbocycles. The van der Waals surface area contributed by atoms with Crippen LogP contribution in [-0.4, -0.2) is 47.8 Å². The second-order valence-corrected chi connectivity index (χ2v) is 7.66. The Labute approximate surface area is 155 Å². The van der Waals surface area contributed by atoms with Crippen LogP contribution in [0.2, 0.25) is 5.02 Å². The Hall–Kier alpha value is -1.55. The van der Waals surface area contributed by atoms with E-state index < -0.39 is 0 Å². The van der Waals surface area contributed by atoms with E-state index in [1.807, 2.05) is 34.1 Å². The number of halogens is 1. The van der Waals surface area contributed by atoms with Crippen LogP contribution in [0.1, 0.15) is 45.1 Å². The summed E-state index contributed by atoms with van der Waals surface area (Å²) >= 11 is 6.11. The molecule has 25 heavy (non-hydrogen) atoms. The van der Waals surface area contributed by atoms with E-state index in [1.54, 1.807) is 0 Å². The number of piperazine rings is 1. The average molecular weight is 363 g/mol. The molecule has 3 rings (SSSR count). The van der Waals surface area contributed by atoms with Crippen LogP contribution in [0.4, 0.5) is 0 Å². The molecule has 0 aromatic heterocycles. The van der Waals surface area contributed by atoms with Gasteiger partial charge in [0.2, 0.25) is 11.8 Å². The van der Waals surface area contributed by atoms with Gasteiger partial charge in [0.05, 0.1) is 5.41 Å². The molecule has 1 heterocycles. The van der Waals surface area contributed by atoms with Crippen molar-refractivity contribution in [1.82, 2.24) is 9.80 Å². The zero-order valence-electron chi connectivity index (χ0n) is 15.1. The van der Waals surface area contributed by atoms with E-state index >= 15 is 0 Å². The molecule has 0 bridgehead atoms. The Morgan fingerprint density at radius 1 is 1.08 bits per heavy atom. The summed E-state index contributed by atoms with van der Waals surface area (Å²) in [6.45, 7) is 6.68. The number of benzene rings is 1. The summed E-state index contributed by atoms with van der Waals surface area (Å²) in [4.78, 5) is 29.5. The highest BCUT2D eigenvalue weighted by Crippen LogP contribution is 2.50. The van der Waals surface area contributed by atoms with Gasteiger partial charge in [0.25, 0.3) is 0 Å². The third-order valence-corrected chi connectivity index (χ3v) is 5.99. The quantitative estimate of drug-likeness (QED) is 0.804. The van der Waals surface area contributed by atoms with E-state index in [0.717, 1.165) is 31.2 Å². The normalized spacial score (nSPS) is 19.2. The van der Waals surface area contributed by atoms with Gasteiger partial charge in [-0.05, 0) is 43.4 Å². The molecule has 0 atom stereocenters. The van der Waals surface area contributed by atoms with Gasteiger partial charge in [0.1, 0.15) is 0 Å². The van der Waals surface area contributed by atoms with Crippen LogP contribution < -0.4 is 0 Å². The molecule has 136 valence electrons. The number of amides is 2. The van der Waals surface area contributed by atoms with Crippen LogP contribution in [0.5, 0.6) is 0 Å². The zero-order valence-corrected chi connectivity index (χ0v) is 15.9. The van der Waals surface area contributed by atoms with Crippen molar-refractivity contribution in [1.29, 1.82) is 0 Å². The van der Waals surface area contributed by atoms with Gasteiger partial charge >= 0.3 is 0 Å². The molecule has 2 amide bonds. The Balaban J connectivity index is 1.63. The summed E-state index contributed by atoms with van der Waals surface area (Å²) in [6.07, 6.45) is 3.54. The van der Waals surface area contributed by atoms with Crippen molar-refractivity contribution in [3.8, 4) is 0 Å². The zero-order chi connectivity index (χ0) is 18.0. The Kier molecular flexibility index (Phi) is 5.38. The molecule has 1 saturated carbocycles. The lowest BCUT2D eigenvalue weighted by molar-refractivity contribution is -0.143. The maximum absolute atomic E-state index is 13.1. The molecule has 1 aromatic rings. The van der Waals surface area contributed by atoms with Gasteiger partial charge in [-0.15, -0.1) is 0 Å². The van der Waals surface area contributed by atoms with Gasteiger partial charge in [0, 0.05) is 37.1 Å². The summed E-state index contributed by atoms with van der Waals surface area (Å²) in [5.41, 5.74) is 0.646. The molecule has 1 aliphatic heterocycles. The first-order chi connectivity index (χ1) is 12.0. The van der Waals surface area contributed by atoms with Crippen molar-refractivity contribution in [2.75, 3.05) is 26.2 Å². The van der Waals surface area contributed by atoms with Crippen LogP contribution in [0.25, 0.3) is 0 Å². The molecule has 0 spiro atoms. The first kappa shape index (κ1) is 18.2. The molecule has 5 heteroatoms. The highest BCUT2D eigenvalue weighted by atomic mass is 35.5. The van der Waals surface area contributed by atoms with Crippen molar-refractivity contribution >= 4 is 23.4 Å². The van der Waals surface area contributed by atoms with E-state index in [0.29, 0.717) is 31.2 Å². The van der Waals surface area contributed by atoms with Crippen LogP contribution in [-0.2, 0) is 15.0 Å². The third kappa shape index (κ3) is 3.55. The summed E-state index contributed by atoms with van der Waals surface area (Å²) in [5, 5.41) is 0.678. The van der Waals surface area contributed by atoms with Gasteiger partial charge in [-0.25, -0.2) is 0 Å². The minimum absolute atomic E-state index is 0.114. The number of carbonyl (C=O) groups is 2. The first-order valence-electron chi connectivity index (χ1n) is 9.36. The highest BCUT2D eigenvalue weighted by molar-refractivity contribution is 6.30. The molecule has 1 aliphatic carbocycles. The monoisotopic (exact) mass is 362 g/mol. The smallest absolute Gasteiger partial charge is 0.233 e. The number of hydrogen-bond acceptors (Lipinski definition) is 2. The van der Waals surface area contributed by atoms with Crippen molar-refractivity contribution in [2.45, 2.75) is 44.9 Å². The standard InChI is InChI=1S/C20H27ClN2O2/c1-3-15(4-2)18(24)22-10-12-23(13-11-22)19(25)20(8-9-20)16-6-5-7-17(21)14-16/h5-7,14-15H,3-4,8-13H2,1-2H3. The first-order valence-corrected chi connectivity index (χ1v) is 9.74. The minimum Gasteiger partial charge on any atom is -0.339 e. The van der Waals surface area contributed by atoms with Crippen LogP contribution >= 0.6 is 11.6 Å². The molecule has 1 saturated heterocycles. The fraction of sp³-hybridized carbons (Fsp3) is 0.600. The average Bonchev–Trinajstić information content (AvgIpc) is 3.44. The lowest BCUT2D eigenvalue weighted by atomic mass is 9.94. The van der Waals surface area contributed by atoms with E-state index in [4.69, 9.17) is 11.6 Å². The number of hydrogen-bond donors (Lipinski definition) is 0. The van der Waals surface area contributed by atoms with Crippen LogP contribution in [0.15, 0.2) is 24.3 Å². The number of carbonyl (C=O) groups excluding carboxylic acids is 2. The van der Waals surface area contributed by atoms with Crippen LogP contribution in [0.3, 0.4) is 0 Å². The summed E-state index contributed by atoms with van der Waals surface area (Å²) in [6, 6.07) is 7.67.